The van der Waals surface area contributed by atoms with Crippen molar-refractivity contribution in [1.82, 2.24) is 0 Å². The number of carbonyl (C=O) groups excluding carboxylic acids is 1. The van der Waals surface area contributed by atoms with Gasteiger partial charge in [0.25, 0.3) is 0 Å². The number of benzene rings is 1. The van der Waals surface area contributed by atoms with E-state index in [-0.39, 0.29) is 18.1 Å². The summed E-state index contributed by atoms with van der Waals surface area (Å²) in [5, 5.41) is 9.16. The second kappa shape index (κ2) is 5.95. The van der Waals surface area contributed by atoms with Gasteiger partial charge in [-0.05, 0) is 30.9 Å². The zero-order chi connectivity index (χ0) is 13.8. The van der Waals surface area contributed by atoms with Gasteiger partial charge >= 0.3 is 5.97 Å². The first-order valence-electron chi connectivity index (χ1n) is 6.59. The van der Waals surface area contributed by atoms with E-state index in [4.69, 9.17) is 5.11 Å². The van der Waals surface area contributed by atoms with Gasteiger partial charge in [0.2, 0.25) is 0 Å². The summed E-state index contributed by atoms with van der Waals surface area (Å²) in [7, 11) is 0. The fourth-order valence-electron chi connectivity index (χ4n) is 2.80. The summed E-state index contributed by atoms with van der Waals surface area (Å²) in [5.41, 5.74) is 0.328. The van der Waals surface area contributed by atoms with Crippen LogP contribution in [0.4, 0.5) is 4.39 Å². The number of carboxylic acids is 1. The minimum atomic E-state index is -0.822. The predicted molar refractivity (Wildman–Crippen MR) is 68.4 cm³/mol. The van der Waals surface area contributed by atoms with Gasteiger partial charge in [0.1, 0.15) is 5.82 Å². The summed E-state index contributed by atoms with van der Waals surface area (Å²) in [5.74, 6) is -1.99. The average molecular weight is 264 g/mol. The van der Waals surface area contributed by atoms with E-state index in [1.807, 2.05) is 0 Å². The van der Waals surface area contributed by atoms with Crippen molar-refractivity contribution in [3.05, 3.63) is 35.6 Å². The smallest absolute Gasteiger partial charge is 0.306 e. The minimum absolute atomic E-state index is 0.123. The van der Waals surface area contributed by atoms with Crippen LogP contribution < -0.4 is 0 Å². The molecule has 1 aromatic carbocycles. The highest BCUT2D eigenvalue weighted by molar-refractivity contribution is 5.96. The molecule has 4 heteroatoms. The van der Waals surface area contributed by atoms with Crippen LogP contribution in [0.3, 0.4) is 0 Å². The first-order valence-corrected chi connectivity index (χ1v) is 6.59. The number of ketones is 1. The molecule has 102 valence electrons. The van der Waals surface area contributed by atoms with Crippen LogP contribution in [0.2, 0.25) is 0 Å². The normalized spacial score (nSPS) is 23.0. The van der Waals surface area contributed by atoms with Gasteiger partial charge in [0.05, 0.1) is 5.92 Å². The first-order chi connectivity index (χ1) is 9.08. The Kier molecular flexibility index (Phi) is 4.30. The van der Waals surface area contributed by atoms with E-state index in [0.29, 0.717) is 12.0 Å². The number of carboxylic acid groups (broad SMARTS) is 1. The van der Waals surface area contributed by atoms with Crippen LogP contribution in [0.5, 0.6) is 0 Å². The lowest BCUT2D eigenvalue weighted by Gasteiger charge is -2.27. The predicted octanol–water partition coefficient (Wildman–Crippen LogP) is 3.29. The van der Waals surface area contributed by atoms with E-state index >= 15 is 0 Å². The third-order valence-corrected chi connectivity index (χ3v) is 3.82. The van der Waals surface area contributed by atoms with Crippen molar-refractivity contribution in [2.45, 2.75) is 32.1 Å². The van der Waals surface area contributed by atoms with Crippen LogP contribution in [0, 0.1) is 17.7 Å². The molecule has 0 heterocycles. The molecule has 0 saturated heterocycles. The molecule has 1 aliphatic carbocycles. The fraction of sp³-hybridized carbons (Fsp3) is 0.467. The lowest BCUT2D eigenvalue weighted by molar-refractivity contribution is -0.144. The molecule has 1 fully saturated rings. The molecule has 0 spiro atoms. The number of hydrogen-bond acceptors (Lipinski definition) is 2. The van der Waals surface area contributed by atoms with Crippen LogP contribution in [-0.2, 0) is 4.79 Å². The molecule has 2 atom stereocenters. The van der Waals surface area contributed by atoms with E-state index in [9.17, 15) is 14.0 Å². The molecule has 19 heavy (non-hydrogen) atoms. The SMILES string of the molecule is O=C(CC1CCCCC1C(=O)O)c1cccc(F)c1. The van der Waals surface area contributed by atoms with Gasteiger partial charge in [0.15, 0.2) is 5.78 Å². The van der Waals surface area contributed by atoms with Gasteiger partial charge in [-0.3, -0.25) is 9.59 Å². The second-order valence-electron chi connectivity index (χ2n) is 5.13. The van der Waals surface area contributed by atoms with Crippen LogP contribution >= 0.6 is 0 Å². The standard InChI is InChI=1S/C15H17FO3/c16-12-6-3-5-11(8-12)14(17)9-10-4-1-2-7-13(10)15(18)19/h3,5-6,8,10,13H,1-2,4,7,9H2,(H,18,19). The van der Waals surface area contributed by atoms with E-state index in [1.54, 1.807) is 6.07 Å². The lowest BCUT2D eigenvalue weighted by Crippen LogP contribution is -2.28. The highest BCUT2D eigenvalue weighted by atomic mass is 19.1. The van der Waals surface area contributed by atoms with Crippen LogP contribution in [0.15, 0.2) is 24.3 Å². The third-order valence-electron chi connectivity index (χ3n) is 3.82. The van der Waals surface area contributed by atoms with E-state index in [1.165, 1.54) is 18.2 Å². The molecular formula is C15H17FO3. The van der Waals surface area contributed by atoms with Crippen LogP contribution in [0.25, 0.3) is 0 Å². The van der Waals surface area contributed by atoms with E-state index in [0.717, 1.165) is 19.3 Å². The minimum Gasteiger partial charge on any atom is -0.481 e. The fourth-order valence-corrected chi connectivity index (χ4v) is 2.80. The Labute approximate surface area is 111 Å². The number of hydrogen-bond donors (Lipinski definition) is 1. The summed E-state index contributed by atoms with van der Waals surface area (Å²) >= 11 is 0. The highest BCUT2D eigenvalue weighted by Crippen LogP contribution is 2.33. The van der Waals surface area contributed by atoms with Gasteiger partial charge in [-0.25, -0.2) is 4.39 Å². The molecule has 3 nitrogen and oxygen atoms in total. The van der Waals surface area contributed by atoms with Gasteiger partial charge in [0, 0.05) is 12.0 Å². The molecule has 0 aliphatic heterocycles. The lowest BCUT2D eigenvalue weighted by atomic mass is 9.76. The summed E-state index contributed by atoms with van der Waals surface area (Å²) in [6.45, 7) is 0. The molecule has 0 bridgehead atoms. The maximum absolute atomic E-state index is 13.1. The van der Waals surface area contributed by atoms with Crippen molar-refractivity contribution in [2.75, 3.05) is 0 Å². The van der Waals surface area contributed by atoms with Crippen molar-refractivity contribution in [3.63, 3.8) is 0 Å². The zero-order valence-electron chi connectivity index (χ0n) is 10.6. The molecule has 0 aromatic heterocycles. The summed E-state index contributed by atoms with van der Waals surface area (Å²) in [6.07, 6.45) is 3.46. The topological polar surface area (TPSA) is 54.4 Å². The Morgan fingerprint density at radius 1 is 1.26 bits per heavy atom. The Morgan fingerprint density at radius 2 is 2.00 bits per heavy atom. The number of carbonyl (C=O) groups is 2. The summed E-state index contributed by atoms with van der Waals surface area (Å²) < 4.78 is 13.1. The van der Waals surface area contributed by atoms with Gasteiger partial charge in [-0.2, -0.15) is 0 Å². The Balaban J connectivity index is 2.07. The molecule has 1 aromatic rings. The van der Waals surface area contributed by atoms with Crippen molar-refractivity contribution >= 4 is 11.8 Å². The Morgan fingerprint density at radius 3 is 2.68 bits per heavy atom. The molecule has 1 N–H and O–H groups in total. The van der Waals surface area contributed by atoms with Crippen molar-refractivity contribution in [2.24, 2.45) is 11.8 Å². The maximum Gasteiger partial charge on any atom is 0.306 e. The second-order valence-corrected chi connectivity index (χ2v) is 5.13. The number of aliphatic carboxylic acids is 1. The molecule has 1 aliphatic rings. The van der Waals surface area contributed by atoms with Crippen LogP contribution in [0.1, 0.15) is 42.5 Å². The first kappa shape index (κ1) is 13.7. The molecule has 2 rings (SSSR count). The number of halogens is 1. The highest BCUT2D eigenvalue weighted by Gasteiger charge is 2.32. The van der Waals surface area contributed by atoms with Gasteiger partial charge in [-0.1, -0.05) is 25.0 Å². The zero-order valence-corrected chi connectivity index (χ0v) is 10.6. The molecule has 2 unspecified atom stereocenters. The molecule has 1 saturated carbocycles. The van der Waals surface area contributed by atoms with E-state index < -0.39 is 17.7 Å². The van der Waals surface area contributed by atoms with Gasteiger partial charge < -0.3 is 5.11 Å². The summed E-state index contributed by atoms with van der Waals surface area (Å²) in [6, 6.07) is 5.57. The average Bonchev–Trinajstić information content (AvgIpc) is 2.39. The number of Topliss-reactive ketones (excluding diaryl/α,β-unsaturated/α-hetero) is 1. The molecule has 0 radical (unpaired) electrons. The third kappa shape index (κ3) is 3.40. The van der Waals surface area contributed by atoms with Crippen LogP contribution in [-0.4, -0.2) is 16.9 Å². The van der Waals surface area contributed by atoms with Crippen molar-refractivity contribution < 1.29 is 19.1 Å². The maximum atomic E-state index is 13.1. The Bertz CT molecular complexity index is 484. The largest absolute Gasteiger partial charge is 0.481 e. The van der Waals surface area contributed by atoms with Crippen molar-refractivity contribution in [1.29, 1.82) is 0 Å². The molecular weight excluding hydrogens is 247 g/mol. The van der Waals surface area contributed by atoms with Crippen molar-refractivity contribution in [3.8, 4) is 0 Å². The number of rotatable bonds is 4. The summed E-state index contributed by atoms with van der Waals surface area (Å²) in [4.78, 5) is 23.2. The Hall–Kier alpha value is -1.71. The van der Waals surface area contributed by atoms with E-state index in [2.05, 4.69) is 0 Å². The molecule has 0 amide bonds. The van der Waals surface area contributed by atoms with Gasteiger partial charge in [-0.15, -0.1) is 0 Å². The quantitative estimate of drug-likeness (QED) is 0.849. The monoisotopic (exact) mass is 264 g/mol.